The summed E-state index contributed by atoms with van der Waals surface area (Å²) in [7, 11) is 0. The maximum atomic E-state index is 12.6. The standard InChI is InChI=1S/C16H10ClF3O2/c17-13-8-11(16(18,19)20)4-6-14(13)22-12-5-3-10-2-1-7-21-15(10)9-12/h1-6,8-9H,7H2. The number of rotatable bonds is 2. The highest BCUT2D eigenvalue weighted by Crippen LogP contribution is 2.37. The van der Waals surface area contributed by atoms with Crippen molar-refractivity contribution < 1.29 is 22.6 Å². The van der Waals surface area contributed by atoms with Crippen molar-refractivity contribution >= 4 is 17.7 Å². The highest BCUT2D eigenvalue weighted by Gasteiger charge is 2.31. The van der Waals surface area contributed by atoms with E-state index in [0.717, 1.165) is 17.7 Å². The van der Waals surface area contributed by atoms with Crippen molar-refractivity contribution in [1.82, 2.24) is 0 Å². The van der Waals surface area contributed by atoms with Crippen LogP contribution >= 0.6 is 11.6 Å². The summed E-state index contributed by atoms with van der Waals surface area (Å²) in [6.07, 6.45) is -0.628. The van der Waals surface area contributed by atoms with E-state index >= 15 is 0 Å². The van der Waals surface area contributed by atoms with Gasteiger partial charge in [-0.1, -0.05) is 17.7 Å². The van der Waals surface area contributed by atoms with Crippen LogP contribution in [0.15, 0.2) is 42.5 Å². The van der Waals surface area contributed by atoms with E-state index in [1.165, 1.54) is 6.07 Å². The molecule has 0 aromatic heterocycles. The number of halogens is 4. The summed E-state index contributed by atoms with van der Waals surface area (Å²) in [6, 6.07) is 8.15. The molecule has 0 radical (unpaired) electrons. The highest BCUT2D eigenvalue weighted by atomic mass is 35.5. The number of ether oxygens (including phenoxy) is 2. The van der Waals surface area contributed by atoms with Gasteiger partial charge in [0.2, 0.25) is 0 Å². The summed E-state index contributed by atoms with van der Waals surface area (Å²) in [4.78, 5) is 0. The maximum Gasteiger partial charge on any atom is 0.416 e. The van der Waals surface area contributed by atoms with E-state index in [4.69, 9.17) is 21.1 Å². The second kappa shape index (κ2) is 5.57. The number of alkyl halides is 3. The zero-order chi connectivity index (χ0) is 15.7. The Morgan fingerprint density at radius 2 is 1.91 bits per heavy atom. The largest absolute Gasteiger partial charge is 0.489 e. The van der Waals surface area contributed by atoms with Crippen LogP contribution in [0.3, 0.4) is 0 Å². The van der Waals surface area contributed by atoms with E-state index in [1.54, 1.807) is 18.2 Å². The summed E-state index contributed by atoms with van der Waals surface area (Å²) in [5.41, 5.74) is 0.0980. The molecule has 1 heterocycles. The van der Waals surface area contributed by atoms with Gasteiger partial charge in [-0.2, -0.15) is 13.2 Å². The summed E-state index contributed by atoms with van der Waals surface area (Å²) < 4.78 is 48.8. The molecule has 22 heavy (non-hydrogen) atoms. The van der Waals surface area contributed by atoms with E-state index < -0.39 is 11.7 Å². The SMILES string of the molecule is FC(F)(F)c1ccc(Oc2ccc3c(c2)OCC=C3)c(Cl)c1. The van der Waals surface area contributed by atoms with E-state index in [-0.39, 0.29) is 10.8 Å². The minimum atomic E-state index is -4.44. The molecular weight excluding hydrogens is 317 g/mol. The van der Waals surface area contributed by atoms with E-state index in [9.17, 15) is 13.2 Å². The molecule has 1 aliphatic heterocycles. The van der Waals surface area contributed by atoms with Gasteiger partial charge in [-0.25, -0.2) is 0 Å². The molecule has 0 spiro atoms. The molecule has 2 nitrogen and oxygen atoms in total. The monoisotopic (exact) mass is 326 g/mol. The lowest BCUT2D eigenvalue weighted by atomic mass is 10.1. The smallest absolute Gasteiger partial charge is 0.416 e. The van der Waals surface area contributed by atoms with Gasteiger partial charge in [0.15, 0.2) is 0 Å². The fraction of sp³-hybridized carbons (Fsp3) is 0.125. The zero-order valence-corrected chi connectivity index (χ0v) is 11.9. The number of hydrogen-bond donors (Lipinski definition) is 0. The Morgan fingerprint density at radius 3 is 2.64 bits per heavy atom. The van der Waals surface area contributed by atoms with Gasteiger partial charge in [-0.3, -0.25) is 0 Å². The Hall–Kier alpha value is -2.14. The Bertz CT molecular complexity index is 739. The van der Waals surface area contributed by atoms with Crippen molar-refractivity contribution in [3.8, 4) is 17.2 Å². The molecule has 0 saturated heterocycles. The van der Waals surface area contributed by atoms with Crippen LogP contribution < -0.4 is 9.47 Å². The van der Waals surface area contributed by atoms with Crippen LogP contribution in [0.2, 0.25) is 5.02 Å². The van der Waals surface area contributed by atoms with Gasteiger partial charge >= 0.3 is 6.18 Å². The van der Waals surface area contributed by atoms with Crippen LogP contribution in [0, 0.1) is 0 Å². The Kier molecular flexibility index (Phi) is 3.74. The van der Waals surface area contributed by atoms with E-state index in [1.807, 2.05) is 12.2 Å². The van der Waals surface area contributed by atoms with Gasteiger partial charge in [0.1, 0.15) is 23.9 Å². The molecule has 0 saturated carbocycles. The Morgan fingerprint density at radius 1 is 1.09 bits per heavy atom. The van der Waals surface area contributed by atoms with Crippen LogP contribution in [0.1, 0.15) is 11.1 Å². The van der Waals surface area contributed by atoms with Crippen LogP contribution in [0.25, 0.3) is 6.08 Å². The average molecular weight is 327 g/mol. The molecule has 6 heteroatoms. The second-order valence-electron chi connectivity index (χ2n) is 4.66. The van der Waals surface area contributed by atoms with Gasteiger partial charge in [-0.15, -0.1) is 0 Å². The average Bonchev–Trinajstić information content (AvgIpc) is 2.48. The Labute approximate surface area is 129 Å². The second-order valence-corrected chi connectivity index (χ2v) is 5.07. The highest BCUT2D eigenvalue weighted by molar-refractivity contribution is 6.32. The van der Waals surface area contributed by atoms with E-state index in [2.05, 4.69) is 0 Å². The topological polar surface area (TPSA) is 18.5 Å². The van der Waals surface area contributed by atoms with Gasteiger partial charge < -0.3 is 9.47 Å². The predicted octanol–water partition coefficient (Wildman–Crippen LogP) is 5.56. The van der Waals surface area contributed by atoms with Crippen molar-refractivity contribution in [2.75, 3.05) is 6.61 Å². The molecule has 0 fully saturated rings. The predicted molar refractivity (Wildman–Crippen MR) is 77.5 cm³/mol. The third kappa shape index (κ3) is 3.04. The zero-order valence-electron chi connectivity index (χ0n) is 11.2. The first-order chi connectivity index (χ1) is 10.4. The molecule has 0 aliphatic carbocycles. The van der Waals surface area contributed by atoms with E-state index in [0.29, 0.717) is 18.1 Å². The minimum absolute atomic E-state index is 0.103. The van der Waals surface area contributed by atoms with Crippen molar-refractivity contribution in [2.24, 2.45) is 0 Å². The van der Waals surface area contributed by atoms with Crippen LogP contribution in [0.5, 0.6) is 17.2 Å². The molecule has 0 unspecified atom stereocenters. The van der Waals surface area contributed by atoms with Gasteiger partial charge in [0.05, 0.1) is 10.6 Å². The Balaban J connectivity index is 1.86. The summed E-state index contributed by atoms with van der Waals surface area (Å²) in [5, 5.41) is -0.103. The quantitative estimate of drug-likeness (QED) is 0.719. The third-order valence-corrected chi connectivity index (χ3v) is 3.40. The molecule has 114 valence electrons. The first-order valence-electron chi connectivity index (χ1n) is 6.41. The van der Waals surface area contributed by atoms with Crippen molar-refractivity contribution in [1.29, 1.82) is 0 Å². The lowest BCUT2D eigenvalue weighted by molar-refractivity contribution is -0.137. The number of fused-ring (bicyclic) bond motifs is 1. The molecule has 0 N–H and O–H groups in total. The summed E-state index contributed by atoms with van der Waals surface area (Å²) in [6.45, 7) is 0.470. The van der Waals surface area contributed by atoms with Crippen LogP contribution in [-0.4, -0.2) is 6.61 Å². The maximum absolute atomic E-state index is 12.6. The van der Waals surface area contributed by atoms with Gasteiger partial charge in [0, 0.05) is 11.6 Å². The third-order valence-electron chi connectivity index (χ3n) is 3.10. The molecule has 2 aromatic rings. The molecule has 2 aromatic carbocycles. The van der Waals surface area contributed by atoms with Crippen molar-refractivity contribution in [2.45, 2.75) is 6.18 Å². The lowest BCUT2D eigenvalue weighted by Gasteiger charge is -2.15. The summed E-state index contributed by atoms with van der Waals surface area (Å²) in [5.74, 6) is 1.25. The molecule has 0 atom stereocenters. The molecule has 0 amide bonds. The number of hydrogen-bond acceptors (Lipinski definition) is 2. The fourth-order valence-corrected chi connectivity index (χ4v) is 2.26. The van der Waals surface area contributed by atoms with Crippen LogP contribution in [-0.2, 0) is 6.18 Å². The van der Waals surface area contributed by atoms with Crippen molar-refractivity contribution in [3.05, 3.63) is 58.6 Å². The first-order valence-corrected chi connectivity index (χ1v) is 6.79. The van der Waals surface area contributed by atoms with Gasteiger partial charge in [0.25, 0.3) is 0 Å². The van der Waals surface area contributed by atoms with Gasteiger partial charge in [-0.05, 0) is 36.4 Å². The molecular formula is C16H10ClF3O2. The first kappa shape index (κ1) is 14.8. The number of benzene rings is 2. The lowest BCUT2D eigenvalue weighted by Crippen LogP contribution is -2.04. The summed E-state index contributed by atoms with van der Waals surface area (Å²) >= 11 is 5.86. The van der Waals surface area contributed by atoms with Crippen LogP contribution in [0.4, 0.5) is 13.2 Å². The molecule has 1 aliphatic rings. The molecule has 3 rings (SSSR count). The normalized spacial score (nSPS) is 13.5. The van der Waals surface area contributed by atoms with Crippen molar-refractivity contribution in [3.63, 3.8) is 0 Å². The minimum Gasteiger partial charge on any atom is -0.489 e. The fourth-order valence-electron chi connectivity index (χ4n) is 2.04. The molecule has 0 bridgehead atoms.